The maximum absolute atomic E-state index is 12.7. The van der Waals surface area contributed by atoms with Crippen molar-refractivity contribution >= 4 is 18.3 Å². The molecule has 3 N–H and O–H groups in total. The monoisotopic (exact) mass is 308 g/mol. The number of carbonyl (C=O) groups is 1. The van der Waals surface area contributed by atoms with E-state index >= 15 is 0 Å². The molecule has 1 fully saturated rings. The molecule has 1 amide bonds. The number of rotatable bonds is 3. The van der Waals surface area contributed by atoms with E-state index in [-0.39, 0.29) is 29.8 Å². The molecular weight excluding hydrogens is 284 g/mol. The van der Waals surface area contributed by atoms with Crippen molar-refractivity contribution in [2.24, 2.45) is 11.1 Å². The van der Waals surface area contributed by atoms with E-state index in [2.05, 4.69) is 29.6 Å². The minimum atomic E-state index is -0.299. The van der Waals surface area contributed by atoms with Gasteiger partial charge in [-0.1, -0.05) is 37.1 Å². The third-order valence-electron chi connectivity index (χ3n) is 5.11. The molecule has 0 bridgehead atoms. The molecule has 1 atom stereocenters. The summed E-state index contributed by atoms with van der Waals surface area (Å²) in [7, 11) is 0. The van der Waals surface area contributed by atoms with Gasteiger partial charge in [-0.3, -0.25) is 4.79 Å². The summed E-state index contributed by atoms with van der Waals surface area (Å²) in [5.74, 6) is 0.180. The summed E-state index contributed by atoms with van der Waals surface area (Å²) in [5.41, 5.74) is 8.30. The summed E-state index contributed by atoms with van der Waals surface area (Å²) in [6.45, 7) is 0.479. The van der Waals surface area contributed by atoms with Gasteiger partial charge in [-0.2, -0.15) is 0 Å². The highest BCUT2D eigenvalue weighted by molar-refractivity contribution is 5.85. The zero-order valence-electron chi connectivity index (χ0n) is 12.4. The Morgan fingerprint density at radius 2 is 1.95 bits per heavy atom. The molecule has 21 heavy (non-hydrogen) atoms. The van der Waals surface area contributed by atoms with E-state index in [4.69, 9.17) is 5.73 Å². The van der Waals surface area contributed by atoms with Gasteiger partial charge in [0.2, 0.25) is 5.91 Å². The van der Waals surface area contributed by atoms with Crippen molar-refractivity contribution < 1.29 is 4.79 Å². The van der Waals surface area contributed by atoms with Gasteiger partial charge in [-0.25, -0.2) is 0 Å². The molecule has 1 saturated carbocycles. The zero-order valence-corrected chi connectivity index (χ0v) is 13.3. The van der Waals surface area contributed by atoms with E-state index in [0.717, 1.165) is 44.9 Å². The minimum absolute atomic E-state index is 0. The van der Waals surface area contributed by atoms with Crippen LogP contribution in [0.25, 0.3) is 0 Å². The SMILES string of the molecule is Cl.NCC1(C(=O)NC2CCCc3ccccc32)CCCC1. The molecule has 116 valence electrons. The second-order valence-corrected chi connectivity index (χ2v) is 6.31. The van der Waals surface area contributed by atoms with Crippen LogP contribution in [-0.2, 0) is 11.2 Å². The Labute approximate surface area is 133 Å². The number of benzene rings is 1. The van der Waals surface area contributed by atoms with Crippen LogP contribution >= 0.6 is 12.4 Å². The third-order valence-corrected chi connectivity index (χ3v) is 5.11. The lowest BCUT2D eigenvalue weighted by Crippen LogP contribution is -2.45. The Balaban J connectivity index is 0.00000161. The molecule has 0 saturated heterocycles. The van der Waals surface area contributed by atoms with Crippen molar-refractivity contribution in [2.45, 2.75) is 51.0 Å². The van der Waals surface area contributed by atoms with E-state index in [1.54, 1.807) is 0 Å². The lowest BCUT2D eigenvalue weighted by atomic mass is 9.83. The molecule has 2 aliphatic rings. The summed E-state index contributed by atoms with van der Waals surface area (Å²) < 4.78 is 0. The number of carbonyl (C=O) groups excluding carboxylic acids is 1. The number of fused-ring (bicyclic) bond motifs is 1. The molecular formula is C17H25ClN2O. The maximum atomic E-state index is 12.7. The quantitative estimate of drug-likeness (QED) is 0.901. The fraction of sp³-hybridized carbons (Fsp3) is 0.588. The van der Waals surface area contributed by atoms with Gasteiger partial charge in [0.1, 0.15) is 0 Å². The predicted octanol–water partition coefficient (Wildman–Crippen LogP) is 3.12. The van der Waals surface area contributed by atoms with Crippen LogP contribution < -0.4 is 11.1 Å². The van der Waals surface area contributed by atoms with Gasteiger partial charge in [0.25, 0.3) is 0 Å². The lowest BCUT2D eigenvalue weighted by molar-refractivity contribution is -0.131. The molecule has 1 aromatic carbocycles. The normalized spacial score (nSPS) is 23.0. The molecule has 1 unspecified atom stereocenters. The lowest BCUT2D eigenvalue weighted by Gasteiger charge is -2.32. The maximum Gasteiger partial charge on any atom is 0.227 e. The summed E-state index contributed by atoms with van der Waals surface area (Å²) in [5, 5.41) is 3.29. The van der Waals surface area contributed by atoms with Crippen molar-refractivity contribution in [2.75, 3.05) is 6.54 Å². The molecule has 0 aromatic heterocycles. The van der Waals surface area contributed by atoms with Gasteiger partial charge in [0, 0.05) is 6.54 Å². The number of nitrogens with two attached hydrogens (primary N) is 1. The molecule has 0 radical (unpaired) electrons. The Bertz CT molecular complexity index is 497. The van der Waals surface area contributed by atoms with Crippen LogP contribution in [-0.4, -0.2) is 12.5 Å². The minimum Gasteiger partial charge on any atom is -0.349 e. The van der Waals surface area contributed by atoms with E-state index in [1.165, 1.54) is 11.1 Å². The second-order valence-electron chi connectivity index (χ2n) is 6.31. The van der Waals surface area contributed by atoms with E-state index in [0.29, 0.717) is 6.54 Å². The van der Waals surface area contributed by atoms with E-state index in [9.17, 15) is 4.79 Å². The van der Waals surface area contributed by atoms with Crippen molar-refractivity contribution in [1.82, 2.24) is 5.32 Å². The van der Waals surface area contributed by atoms with Crippen LogP contribution in [0.1, 0.15) is 55.7 Å². The molecule has 3 rings (SSSR count). The first-order valence-electron chi connectivity index (χ1n) is 7.84. The van der Waals surface area contributed by atoms with Crippen molar-refractivity contribution in [1.29, 1.82) is 0 Å². The highest BCUT2D eigenvalue weighted by Gasteiger charge is 2.40. The largest absolute Gasteiger partial charge is 0.349 e. The number of halogens is 1. The highest BCUT2D eigenvalue weighted by atomic mass is 35.5. The Kier molecular flexibility index (Phi) is 5.28. The van der Waals surface area contributed by atoms with Gasteiger partial charge < -0.3 is 11.1 Å². The Morgan fingerprint density at radius 3 is 2.67 bits per heavy atom. The topological polar surface area (TPSA) is 55.1 Å². The smallest absolute Gasteiger partial charge is 0.227 e. The number of aryl methyl sites for hydroxylation is 1. The Hall–Kier alpha value is -1.06. The van der Waals surface area contributed by atoms with Crippen LogP contribution in [0.2, 0.25) is 0 Å². The van der Waals surface area contributed by atoms with Crippen LogP contribution in [0.5, 0.6) is 0 Å². The van der Waals surface area contributed by atoms with E-state index < -0.39 is 0 Å². The fourth-order valence-electron chi connectivity index (χ4n) is 3.79. The van der Waals surface area contributed by atoms with Gasteiger partial charge in [0.05, 0.1) is 11.5 Å². The van der Waals surface area contributed by atoms with Crippen molar-refractivity contribution in [3.05, 3.63) is 35.4 Å². The highest BCUT2D eigenvalue weighted by Crippen LogP contribution is 2.39. The zero-order chi connectivity index (χ0) is 14.0. The first-order chi connectivity index (χ1) is 9.75. The molecule has 0 spiro atoms. The number of hydrogen-bond acceptors (Lipinski definition) is 2. The number of nitrogens with one attached hydrogen (secondary N) is 1. The molecule has 4 heteroatoms. The molecule has 1 aromatic rings. The van der Waals surface area contributed by atoms with Crippen molar-refractivity contribution in [3.8, 4) is 0 Å². The van der Waals surface area contributed by atoms with Crippen LogP contribution in [0.4, 0.5) is 0 Å². The average molecular weight is 309 g/mol. The second kappa shape index (κ2) is 6.80. The van der Waals surface area contributed by atoms with Crippen molar-refractivity contribution in [3.63, 3.8) is 0 Å². The van der Waals surface area contributed by atoms with Gasteiger partial charge >= 0.3 is 0 Å². The molecule has 3 nitrogen and oxygen atoms in total. The third kappa shape index (κ3) is 3.09. The standard InChI is InChI=1S/C17H24N2O.ClH/c18-12-17(10-3-4-11-17)16(20)19-15-9-5-7-13-6-1-2-8-14(13)15;/h1-2,6,8,15H,3-5,7,9-12,18H2,(H,19,20);1H. The molecule has 2 aliphatic carbocycles. The molecule has 0 heterocycles. The number of hydrogen-bond donors (Lipinski definition) is 2. The molecule has 0 aliphatic heterocycles. The summed E-state index contributed by atoms with van der Waals surface area (Å²) >= 11 is 0. The van der Waals surface area contributed by atoms with E-state index in [1.807, 2.05) is 0 Å². The van der Waals surface area contributed by atoms with Crippen LogP contribution in [0, 0.1) is 5.41 Å². The average Bonchev–Trinajstić information content (AvgIpc) is 2.98. The first kappa shape index (κ1) is 16.3. The summed E-state index contributed by atoms with van der Waals surface area (Å²) in [6, 6.07) is 8.67. The van der Waals surface area contributed by atoms with Crippen LogP contribution in [0.3, 0.4) is 0 Å². The van der Waals surface area contributed by atoms with Gasteiger partial charge in [-0.15, -0.1) is 12.4 Å². The van der Waals surface area contributed by atoms with Gasteiger partial charge in [0.15, 0.2) is 0 Å². The van der Waals surface area contributed by atoms with Gasteiger partial charge in [-0.05, 0) is 43.2 Å². The number of amides is 1. The predicted molar refractivity (Wildman–Crippen MR) is 87.5 cm³/mol. The summed E-state index contributed by atoms with van der Waals surface area (Å²) in [6.07, 6.45) is 7.48. The van der Waals surface area contributed by atoms with Crippen LogP contribution in [0.15, 0.2) is 24.3 Å². The fourth-order valence-corrected chi connectivity index (χ4v) is 3.79. The summed E-state index contributed by atoms with van der Waals surface area (Å²) in [4.78, 5) is 12.7. The Morgan fingerprint density at radius 1 is 1.24 bits per heavy atom. The first-order valence-corrected chi connectivity index (χ1v) is 7.84.